The Kier molecular flexibility index (Phi) is 3.05. The average molecular weight is 169 g/mol. The van der Waals surface area contributed by atoms with Crippen LogP contribution in [0.3, 0.4) is 0 Å². The lowest BCUT2D eigenvalue weighted by molar-refractivity contribution is 0.0497. The maximum atomic E-state index is 12.5. The van der Waals surface area contributed by atoms with E-state index < -0.39 is 0 Å². The average Bonchev–Trinajstić information content (AvgIpc) is 2.04. The Bertz CT molecular complexity index is 250. The fraction of sp³-hybridized carbons (Fsp3) is 0.333. The minimum Gasteiger partial charge on any atom is -0.496 e. The van der Waals surface area contributed by atoms with Crippen LogP contribution in [-0.2, 0) is 6.54 Å². The van der Waals surface area contributed by atoms with Gasteiger partial charge in [0.25, 0.3) is 0 Å². The molecule has 0 atom stereocenters. The first-order valence-corrected chi connectivity index (χ1v) is 3.73. The number of benzene rings is 1. The third-order valence-electron chi connectivity index (χ3n) is 1.58. The second-order valence-corrected chi connectivity index (χ2v) is 2.57. The highest BCUT2D eigenvalue weighted by Crippen LogP contribution is 2.18. The Hall–Kier alpha value is -1.09. The second-order valence-electron chi connectivity index (χ2n) is 2.57. The number of hydrogen-bond donors (Lipinski definition) is 0. The first-order valence-electron chi connectivity index (χ1n) is 3.73. The Morgan fingerprint density at radius 1 is 1.42 bits per heavy atom. The van der Waals surface area contributed by atoms with Crippen molar-refractivity contribution < 1.29 is 9.22 Å². The van der Waals surface area contributed by atoms with Gasteiger partial charge in [-0.25, -0.2) is 0 Å². The number of rotatable bonds is 3. The molecule has 12 heavy (non-hydrogen) atoms. The zero-order chi connectivity index (χ0) is 8.97. The summed E-state index contributed by atoms with van der Waals surface area (Å²) in [6.45, 7) is 0.254. The van der Waals surface area contributed by atoms with Gasteiger partial charge in [0.15, 0.2) is 0 Å². The maximum absolute atomic E-state index is 12.5. The molecule has 0 radical (unpaired) electrons. The molecule has 1 aromatic carbocycles. The summed E-state index contributed by atoms with van der Waals surface area (Å²) < 4.78 is 17.5. The largest absolute Gasteiger partial charge is 0.496 e. The Balaban J connectivity index is 2.82. The quantitative estimate of drug-likeness (QED) is 0.642. The van der Waals surface area contributed by atoms with Crippen LogP contribution in [0, 0.1) is 0 Å². The summed E-state index contributed by atoms with van der Waals surface area (Å²) in [5, 5.41) is 0.623. The van der Waals surface area contributed by atoms with Gasteiger partial charge >= 0.3 is 0 Å². The summed E-state index contributed by atoms with van der Waals surface area (Å²) in [6.07, 6.45) is 0. The summed E-state index contributed by atoms with van der Waals surface area (Å²) in [5.74, 6) is 0.724. The number of halogens is 1. The van der Waals surface area contributed by atoms with Crippen molar-refractivity contribution in [1.29, 1.82) is 0 Å². The van der Waals surface area contributed by atoms with E-state index in [9.17, 15) is 4.48 Å². The van der Waals surface area contributed by atoms with Crippen LogP contribution in [0.1, 0.15) is 5.56 Å². The number of nitrogens with zero attached hydrogens (tertiary/aromatic N) is 1. The topological polar surface area (TPSA) is 12.5 Å². The molecule has 3 heteroatoms. The van der Waals surface area contributed by atoms with Gasteiger partial charge in [-0.05, 0) is 6.07 Å². The van der Waals surface area contributed by atoms with E-state index in [1.807, 2.05) is 24.3 Å². The van der Waals surface area contributed by atoms with Crippen LogP contribution in [0.2, 0.25) is 0 Å². The zero-order valence-corrected chi connectivity index (χ0v) is 7.25. The number of methoxy groups -OCH3 is 1. The predicted octanol–water partition coefficient (Wildman–Crippen LogP) is 2.01. The highest BCUT2D eigenvalue weighted by molar-refractivity contribution is 5.32. The van der Waals surface area contributed by atoms with E-state index in [2.05, 4.69) is 0 Å². The zero-order valence-electron chi connectivity index (χ0n) is 7.25. The third kappa shape index (κ3) is 2.20. The number of ether oxygens (including phenoxy) is 1. The third-order valence-corrected chi connectivity index (χ3v) is 1.58. The van der Waals surface area contributed by atoms with E-state index in [4.69, 9.17) is 4.74 Å². The first kappa shape index (κ1) is 9.00. The molecule has 1 rings (SSSR count). The summed E-state index contributed by atoms with van der Waals surface area (Å²) in [5.41, 5.74) is 0.852. The van der Waals surface area contributed by atoms with Crippen LogP contribution < -0.4 is 4.74 Å². The van der Waals surface area contributed by atoms with Crippen LogP contribution in [0.15, 0.2) is 24.3 Å². The molecular weight excluding hydrogens is 157 g/mol. The maximum Gasteiger partial charge on any atom is 0.123 e. The molecule has 0 aliphatic heterocycles. The molecule has 0 heterocycles. The van der Waals surface area contributed by atoms with Crippen molar-refractivity contribution in [3.05, 3.63) is 29.8 Å². The van der Waals surface area contributed by atoms with Crippen molar-refractivity contribution in [3.63, 3.8) is 0 Å². The lowest BCUT2D eigenvalue weighted by atomic mass is 10.2. The lowest BCUT2D eigenvalue weighted by Gasteiger charge is -2.09. The lowest BCUT2D eigenvalue weighted by Crippen LogP contribution is -2.06. The molecule has 0 aliphatic rings. The van der Waals surface area contributed by atoms with Gasteiger partial charge in [0, 0.05) is 12.6 Å². The van der Waals surface area contributed by atoms with Gasteiger partial charge < -0.3 is 4.74 Å². The minimum absolute atomic E-state index is 0.254. The smallest absolute Gasteiger partial charge is 0.123 e. The predicted molar refractivity (Wildman–Crippen MR) is 45.6 cm³/mol. The van der Waals surface area contributed by atoms with Gasteiger partial charge in [-0.3, -0.25) is 0 Å². The standard InChI is InChI=1S/C9H12FNO/c1-11(10)7-8-5-3-4-6-9(8)12-2/h3-6H,7H2,1-2H3. The molecule has 1 aromatic rings. The molecule has 66 valence electrons. The van der Waals surface area contributed by atoms with E-state index >= 15 is 0 Å². The van der Waals surface area contributed by atoms with Crippen LogP contribution >= 0.6 is 0 Å². The SMILES string of the molecule is COc1ccccc1CN(C)F. The van der Waals surface area contributed by atoms with E-state index in [-0.39, 0.29) is 6.54 Å². The monoisotopic (exact) mass is 169 g/mol. The van der Waals surface area contributed by atoms with E-state index in [1.54, 1.807) is 7.11 Å². The normalized spacial score (nSPS) is 10.3. The second kappa shape index (κ2) is 4.07. The molecule has 0 aromatic heterocycles. The molecule has 0 N–H and O–H groups in total. The Morgan fingerprint density at radius 2 is 2.08 bits per heavy atom. The fourth-order valence-electron chi connectivity index (χ4n) is 1.07. The summed E-state index contributed by atoms with van der Waals surface area (Å²) in [7, 11) is 2.96. The van der Waals surface area contributed by atoms with Crippen molar-refractivity contribution in [3.8, 4) is 5.75 Å². The Labute approximate surface area is 71.5 Å². The first-order chi connectivity index (χ1) is 5.74. The molecule has 0 aliphatic carbocycles. The summed E-state index contributed by atoms with van der Waals surface area (Å²) in [6, 6.07) is 7.38. The molecule has 0 saturated carbocycles. The summed E-state index contributed by atoms with van der Waals surface area (Å²) >= 11 is 0. The minimum atomic E-state index is 0.254. The summed E-state index contributed by atoms with van der Waals surface area (Å²) in [4.78, 5) is 0. The molecule has 0 fully saturated rings. The van der Waals surface area contributed by atoms with E-state index in [0.717, 1.165) is 11.3 Å². The van der Waals surface area contributed by atoms with Gasteiger partial charge in [-0.15, -0.1) is 9.60 Å². The van der Waals surface area contributed by atoms with E-state index in [1.165, 1.54) is 7.05 Å². The molecule has 0 unspecified atom stereocenters. The fourth-order valence-corrected chi connectivity index (χ4v) is 1.07. The van der Waals surface area contributed by atoms with Crippen molar-refractivity contribution in [2.24, 2.45) is 0 Å². The van der Waals surface area contributed by atoms with Crippen molar-refractivity contribution in [1.82, 2.24) is 5.12 Å². The number of para-hydroxylation sites is 1. The molecular formula is C9H12FNO. The van der Waals surface area contributed by atoms with E-state index in [0.29, 0.717) is 5.12 Å². The van der Waals surface area contributed by atoms with Gasteiger partial charge in [-0.1, -0.05) is 18.2 Å². The number of hydrogen-bond acceptors (Lipinski definition) is 2. The highest BCUT2D eigenvalue weighted by Gasteiger charge is 2.03. The van der Waals surface area contributed by atoms with Crippen LogP contribution in [-0.4, -0.2) is 19.3 Å². The van der Waals surface area contributed by atoms with Crippen LogP contribution in [0.4, 0.5) is 4.48 Å². The molecule has 2 nitrogen and oxygen atoms in total. The molecule has 0 saturated heterocycles. The van der Waals surface area contributed by atoms with Gasteiger partial charge in [-0.2, -0.15) is 0 Å². The Morgan fingerprint density at radius 3 is 2.67 bits per heavy atom. The van der Waals surface area contributed by atoms with Crippen molar-refractivity contribution in [2.45, 2.75) is 6.54 Å². The van der Waals surface area contributed by atoms with Crippen LogP contribution in [0.5, 0.6) is 5.75 Å². The van der Waals surface area contributed by atoms with Gasteiger partial charge in [0.1, 0.15) is 5.75 Å². The molecule has 0 amide bonds. The van der Waals surface area contributed by atoms with Crippen molar-refractivity contribution in [2.75, 3.05) is 14.2 Å². The highest BCUT2D eigenvalue weighted by atomic mass is 19.2. The molecule has 0 bridgehead atoms. The van der Waals surface area contributed by atoms with Gasteiger partial charge in [0.05, 0.1) is 13.7 Å². The molecule has 0 spiro atoms. The van der Waals surface area contributed by atoms with Gasteiger partial charge in [0.2, 0.25) is 0 Å². The van der Waals surface area contributed by atoms with Crippen LogP contribution in [0.25, 0.3) is 0 Å². The van der Waals surface area contributed by atoms with Crippen molar-refractivity contribution >= 4 is 0 Å².